The summed E-state index contributed by atoms with van der Waals surface area (Å²) in [4.78, 5) is 2.79. The lowest BCUT2D eigenvalue weighted by atomic mass is 9.75. The summed E-state index contributed by atoms with van der Waals surface area (Å²) in [7, 11) is 0. The molecule has 0 amide bonds. The van der Waals surface area contributed by atoms with Crippen molar-refractivity contribution >= 4 is 0 Å². The molecule has 100 valence electrons. The number of rotatable bonds is 1. The van der Waals surface area contributed by atoms with Crippen LogP contribution in [0.5, 0.6) is 0 Å². The molecule has 1 heterocycles. The molecule has 0 aromatic rings. The molecule has 1 unspecified atom stereocenters. The SMILES string of the molecule is CC1CNCCCN(C2CCC(C)(C)CC2)C1. The zero-order chi connectivity index (χ0) is 12.3. The summed E-state index contributed by atoms with van der Waals surface area (Å²) in [5.41, 5.74) is 0.604. The summed E-state index contributed by atoms with van der Waals surface area (Å²) in [5, 5.41) is 3.55. The van der Waals surface area contributed by atoms with Gasteiger partial charge in [0, 0.05) is 12.6 Å². The van der Waals surface area contributed by atoms with E-state index in [1.807, 2.05) is 0 Å². The molecule has 0 bridgehead atoms. The fraction of sp³-hybridized carbons (Fsp3) is 1.00. The molecule has 1 aliphatic heterocycles. The van der Waals surface area contributed by atoms with Crippen LogP contribution in [0.3, 0.4) is 0 Å². The van der Waals surface area contributed by atoms with Crippen LogP contribution in [-0.2, 0) is 0 Å². The van der Waals surface area contributed by atoms with Crippen molar-refractivity contribution in [3.63, 3.8) is 0 Å². The fourth-order valence-corrected chi connectivity index (χ4v) is 3.39. The van der Waals surface area contributed by atoms with Crippen LogP contribution >= 0.6 is 0 Å². The van der Waals surface area contributed by atoms with Gasteiger partial charge >= 0.3 is 0 Å². The van der Waals surface area contributed by atoms with E-state index in [0.29, 0.717) is 5.41 Å². The van der Waals surface area contributed by atoms with Gasteiger partial charge in [-0.1, -0.05) is 20.8 Å². The maximum Gasteiger partial charge on any atom is 0.00957 e. The van der Waals surface area contributed by atoms with Crippen LogP contribution in [0.4, 0.5) is 0 Å². The molecule has 0 aromatic carbocycles. The highest BCUT2D eigenvalue weighted by Crippen LogP contribution is 2.37. The molecule has 2 nitrogen and oxygen atoms in total. The monoisotopic (exact) mass is 238 g/mol. The van der Waals surface area contributed by atoms with Gasteiger partial charge in [-0.25, -0.2) is 0 Å². The summed E-state index contributed by atoms with van der Waals surface area (Å²) >= 11 is 0. The van der Waals surface area contributed by atoms with Crippen LogP contribution in [-0.4, -0.2) is 37.1 Å². The Kier molecular flexibility index (Phi) is 4.48. The maximum atomic E-state index is 3.55. The van der Waals surface area contributed by atoms with Crippen LogP contribution in [0.25, 0.3) is 0 Å². The lowest BCUT2D eigenvalue weighted by Crippen LogP contribution is -2.46. The second-order valence-electron chi connectivity index (χ2n) is 7.05. The van der Waals surface area contributed by atoms with E-state index in [9.17, 15) is 0 Å². The van der Waals surface area contributed by atoms with Gasteiger partial charge in [0.05, 0.1) is 0 Å². The molecule has 0 aromatic heterocycles. The van der Waals surface area contributed by atoms with E-state index in [4.69, 9.17) is 0 Å². The molecule has 2 aliphatic rings. The molecular weight excluding hydrogens is 208 g/mol. The van der Waals surface area contributed by atoms with E-state index in [2.05, 4.69) is 31.0 Å². The average Bonchev–Trinajstić information content (AvgIpc) is 2.24. The Labute approximate surface area is 107 Å². The maximum absolute atomic E-state index is 3.55. The normalized spacial score (nSPS) is 33.0. The van der Waals surface area contributed by atoms with Crippen LogP contribution in [0.2, 0.25) is 0 Å². The van der Waals surface area contributed by atoms with Crippen molar-refractivity contribution in [1.29, 1.82) is 0 Å². The lowest BCUT2D eigenvalue weighted by Gasteiger charge is -2.42. The Hall–Kier alpha value is -0.0800. The van der Waals surface area contributed by atoms with Gasteiger partial charge in [-0.2, -0.15) is 0 Å². The third-order valence-electron chi connectivity index (χ3n) is 4.66. The fourth-order valence-electron chi connectivity index (χ4n) is 3.39. The quantitative estimate of drug-likeness (QED) is 0.755. The van der Waals surface area contributed by atoms with E-state index < -0.39 is 0 Å². The molecule has 2 rings (SSSR count). The molecule has 2 heteroatoms. The highest BCUT2D eigenvalue weighted by atomic mass is 15.2. The molecule has 0 spiro atoms. The van der Waals surface area contributed by atoms with E-state index in [-0.39, 0.29) is 0 Å². The standard InChI is InChI=1S/C15H30N2/c1-13-11-16-9-4-10-17(12-13)14-5-7-15(2,3)8-6-14/h13-14,16H,4-12H2,1-3H3. The molecule has 1 aliphatic carbocycles. The third-order valence-corrected chi connectivity index (χ3v) is 4.66. The number of nitrogens with zero attached hydrogens (tertiary/aromatic N) is 1. The van der Waals surface area contributed by atoms with Crippen molar-refractivity contribution in [1.82, 2.24) is 10.2 Å². The Balaban J connectivity index is 1.87. The van der Waals surface area contributed by atoms with E-state index >= 15 is 0 Å². The Morgan fingerprint density at radius 1 is 1.18 bits per heavy atom. The van der Waals surface area contributed by atoms with Crippen LogP contribution < -0.4 is 5.32 Å². The zero-order valence-electron chi connectivity index (χ0n) is 12.0. The van der Waals surface area contributed by atoms with Crippen LogP contribution in [0.15, 0.2) is 0 Å². The average molecular weight is 238 g/mol. The van der Waals surface area contributed by atoms with Gasteiger partial charge in [-0.05, 0) is 63.1 Å². The van der Waals surface area contributed by atoms with Gasteiger partial charge in [0.1, 0.15) is 0 Å². The predicted octanol–water partition coefficient (Wildman–Crippen LogP) is 2.89. The first-order chi connectivity index (χ1) is 8.07. The van der Waals surface area contributed by atoms with Gasteiger partial charge < -0.3 is 10.2 Å². The molecule has 17 heavy (non-hydrogen) atoms. The summed E-state index contributed by atoms with van der Waals surface area (Å²) in [6, 6.07) is 0.878. The van der Waals surface area contributed by atoms with Gasteiger partial charge in [0.2, 0.25) is 0 Å². The van der Waals surface area contributed by atoms with Crippen molar-refractivity contribution in [2.45, 2.75) is 58.9 Å². The van der Waals surface area contributed by atoms with E-state index in [0.717, 1.165) is 12.0 Å². The first kappa shape index (κ1) is 13.4. The Morgan fingerprint density at radius 3 is 2.59 bits per heavy atom. The summed E-state index contributed by atoms with van der Waals surface area (Å²) in [5.74, 6) is 0.810. The van der Waals surface area contributed by atoms with E-state index in [1.54, 1.807) is 0 Å². The second-order valence-corrected chi connectivity index (χ2v) is 7.05. The van der Waals surface area contributed by atoms with Crippen molar-refractivity contribution in [3.05, 3.63) is 0 Å². The van der Waals surface area contributed by atoms with Crippen molar-refractivity contribution in [3.8, 4) is 0 Å². The largest absolute Gasteiger partial charge is 0.316 e. The van der Waals surface area contributed by atoms with Crippen LogP contribution in [0, 0.1) is 11.3 Å². The van der Waals surface area contributed by atoms with Crippen molar-refractivity contribution < 1.29 is 0 Å². The molecule has 1 N–H and O–H groups in total. The minimum atomic E-state index is 0.604. The molecular formula is C15H30N2. The van der Waals surface area contributed by atoms with E-state index in [1.165, 1.54) is 58.3 Å². The number of hydrogen-bond acceptors (Lipinski definition) is 2. The molecule has 1 saturated heterocycles. The van der Waals surface area contributed by atoms with Crippen molar-refractivity contribution in [2.75, 3.05) is 26.2 Å². The second kappa shape index (κ2) is 5.71. The minimum absolute atomic E-state index is 0.604. The zero-order valence-corrected chi connectivity index (χ0v) is 12.0. The number of hydrogen-bond donors (Lipinski definition) is 1. The molecule has 0 radical (unpaired) electrons. The molecule has 1 atom stereocenters. The smallest absolute Gasteiger partial charge is 0.00957 e. The number of nitrogens with one attached hydrogen (secondary N) is 1. The molecule has 1 saturated carbocycles. The summed E-state index contributed by atoms with van der Waals surface area (Å²) in [6.45, 7) is 12.3. The topological polar surface area (TPSA) is 15.3 Å². The third kappa shape index (κ3) is 3.96. The van der Waals surface area contributed by atoms with Gasteiger partial charge in [-0.3, -0.25) is 0 Å². The Morgan fingerprint density at radius 2 is 1.88 bits per heavy atom. The molecule has 2 fully saturated rings. The minimum Gasteiger partial charge on any atom is -0.316 e. The van der Waals surface area contributed by atoms with Crippen LogP contribution in [0.1, 0.15) is 52.9 Å². The Bertz CT molecular complexity index is 227. The first-order valence-corrected chi connectivity index (χ1v) is 7.52. The van der Waals surface area contributed by atoms with Crippen molar-refractivity contribution in [2.24, 2.45) is 11.3 Å². The van der Waals surface area contributed by atoms with Gasteiger partial charge in [0.15, 0.2) is 0 Å². The van der Waals surface area contributed by atoms with Gasteiger partial charge in [-0.15, -0.1) is 0 Å². The summed E-state index contributed by atoms with van der Waals surface area (Å²) < 4.78 is 0. The first-order valence-electron chi connectivity index (χ1n) is 7.52. The predicted molar refractivity (Wildman–Crippen MR) is 74.3 cm³/mol. The highest BCUT2D eigenvalue weighted by molar-refractivity contribution is 4.85. The summed E-state index contributed by atoms with van der Waals surface area (Å²) in [6.07, 6.45) is 7.01. The lowest BCUT2D eigenvalue weighted by molar-refractivity contribution is 0.0888. The highest BCUT2D eigenvalue weighted by Gasteiger charge is 2.30. The van der Waals surface area contributed by atoms with Gasteiger partial charge in [0.25, 0.3) is 0 Å².